The summed E-state index contributed by atoms with van der Waals surface area (Å²) in [5.74, 6) is -0.0846. The Morgan fingerprint density at radius 1 is 1.15 bits per heavy atom. The van der Waals surface area contributed by atoms with Gasteiger partial charge in [0.05, 0.1) is 11.0 Å². The highest BCUT2D eigenvalue weighted by atomic mass is 32.2. The van der Waals surface area contributed by atoms with Gasteiger partial charge in [-0.3, -0.25) is 4.79 Å². The minimum absolute atomic E-state index is 0.00432. The number of rotatable bonds is 6. The molecule has 136 valence electrons. The fourth-order valence-electron chi connectivity index (χ4n) is 2.66. The molecule has 8 heteroatoms. The molecule has 0 aliphatic heterocycles. The molecule has 0 radical (unpaired) electrons. The van der Waals surface area contributed by atoms with Gasteiger partial charge >= 0.3 is 0 Å². The van der Waals surface area contributed by atoms with E-state index in [2.05, 4.69) is 10.3 Å². The zero-order chi connectivity index (χ0) is 18.7. The number of fused-ring (bicyclic) bond motifs is 1. The molecule has 3 rings (SSSR count). The first-order valence-corrected chi connectivity index (χ1v) is 11.2. The first-order chi connectivity index (χ1) is 12.4. The zero-order valence-electron chi connectivity index (χ0n) is 14.5. The highest BCUT2D eigenvalue weighted by Crippen LogP contribution is 2.19. The number of nitrogens with zero attached hydrogens (tertiary/aromatic N) is 2. The first kappa shape index (κ1) is 18.5. The zero-order valence-corrected chi connectivity index (χ0v) is 16.1. The van der Waals surface area contributed by atoms with Gasteiger partial charge in [-0.05, 0) is 42.7 Å². The average molecular weight is 390 g/mol. The second-order valence-corrected chi connectivity index (χ2v) is 8.97. The van der Waals surface area contributed by atoms with Crippen LogP contribution in [0.15, 0.2) is 53.4 Å². The maximum atomic E-state index is 12.5. The summed E-state index contributed by atoms with van der Waals surface area (Å²) in [5.41, 5.74) is 2.10. The summed E-state index contributed by atoms with van der Waals surface area (Å²) in [6.07, 6.45) is 3.14. The molecular formula is C18H19N3O3S2. The molecule has 0 spiro atoms. The van der Waals surface area contributed by atoms with Crippen LogP contribution in [0.2, 0.25) is 0 Å². The van der Waals surface area contributed by atoms with Crippen molar-refractivity contribution in [2.75, 3.05) is 17.8 Å². The summed E-state index contributed by atoms with van der Waals surface area (Å²) in [7, 11) is -3.27. The van der Waals surface area contributed by atoms with Crippen molar-refractivity contribution in [2.24, 2.45) is 0 Å². The van der Waals surface area contributed by atoms with Crippen LogP contribution in [0, 0.1) is 0 Å². The van der Waals surface area contributed by atoms with Crippen LogP contribution in [0.1, 0.15) is 5.82 Å². The van der Waals surface area contributed by atoms with Crippen LogP contribution in [0.5, 0.6) is 0 Å². The number of hydrogen-bond donors (Lipinski definition) is 1. The van der Waals surface area contributed by atoms with Crippen molar-refractivity contribution in [1.82, 2.24) is 9.55 Å². The largest absolute Gasteiger partial charge is 0.325 e. The SMILES string of the molecule is CSc1ccc(NC(=O)Cn2c(CS(C)(=O)=O)nc3ccccc32)cc1. The van der Waals surface area contributed by atoms with Gasteiger partial charge in [-0.25, -0.2) is 13.4 Å². The van der Waals surface area contributed by atoms with E-state index in [4.69, 9.17) is 0 Å². The lowest BCUT2D eigenvalue weighted by Gasteiger charge is -2.10. The quantitative estimate of drug-likeness (QED) is 0.656. The number of para-hydroxylation sites is 2. The van der Waals surface area contributed by atoms with Gasteiger partial charge in [0.25, 0.3) is 0 Å². The normalized spacial score (nSPS) is 11.6. The molecule has 0 atom stereocenters. The van der Waals surface area contributed by atoms with Crippen LogP contribution in [-0.2, 0) is 26.9 Å². The van der Waals surface area contributed by atoms with E-state index in [1.807, 2.05) is 48.7 Å². The van der Waals surface area contributed by atoms with Gasteiger partial charge < -0.3 is 9.88 Å². The Balaban J connectivity index is 1.86. The van der Waals surface area contributed by atoms with Crippen molar-refractivity contribution in [3.63, 3.8) is 0 Å². The summed E-state index contributed by atoms with van der Waals surface area (Å²) in [6.45, 7) is -0.00432. The lowest BCUT2D eigenvalue weighted by atomic mass is 10.3. The molecule has 0 saturated carbocycles. The third-order valence-corrected chi connectivity index (χ3v) is 5.33. The fourth-order valence-corrected chi connectivity index (χ4v) is 3.76. The van der Waals surface area contributed by atoms with Crippen molar-refractivity contribution >= 4 is 44.2 Å². The molecule has 1 heterocycles. The summed E-state index contributed by atoms with van der Waals surface area (Å²) in [5, 5.41) is 2.84. The number of imidazole rings is 1. The second kappa shape index (κ2) is 7.51. The molecular weight excluding hydrogens is 370 g/mol. The molecule has 0 saturated heterocycles. The fraction of sp³-hybridized carbons (Fsp3) is 0.222. The third-order valence-electron chi connectivity index (χ3n) is 3.80. The third kappa shape index (κ3) is 4.44. The number of carbonyl (C=O) groups is 1. The van der Waals surface area contributed by atoms with Crippen LogP contribution in [0.4, 0.5) is 5.69 Å². The molecule has 1 aromatic heterocycles. The van der Waals surface area contributed by atoms with Crippen LogP contribution in [0.25, 0.3) is 11.0 Å². The van der Waals surface area contributed by atoms with Gasteiger partial charge in [-0.1, -0.05) is 12.1 Å². The number of aromatic nitrogens is 2. The number of sulfone groups is 1. The standard InChI is InChI=1S/C18H19N3O3S2/c1-25-14-9-7-13(8-10-14)19-18(22)11-21-16-6-4-3-5-15(16)20-17(21)12-26(2,23)24/h3-10H,11-12H2,1-2H3,(H,19,22). The number of benzene rings is 2. The minimum Gasteiger partial charge on any atom is -0.325 e. The molecule has 1 N–H and O–H groups in total. The number of carbonyl (C=O) groups excluding carboxylic acids is 1. The minimum atomic E-state index is -3.27. The highest BCUT2D eigenvalue weighted by Gasteiger charge is 2.17. The Morgan fingerprint density at radius 3 is 2.50 bits per heavy atom. The Morgan fingerprint density at radius 2 is 1.85 bits per heavy atom. The molecule has 0 aliphatic carbocycles. The highest BCUT2D eigenvalue weighted by molar-refractivity contribution is 7.98. The Hall–Kier alpha value is -2.32. The van der Waals surface area contributed by atoms with Crippen LogP contribution < -0.4 is 5.32 Å². The van der Waals surface area contributed by atoms with Crippen molar-refractivity contribution in [3.8, 4) is 0 Å². The molecule has 0 fully saturated rings. The van der Waals surface area contributed by atoms with E-state index < -0.39 is 9.84 Å². The number of amides is 1. The predicted molar refractivity (Wildman–Crippen MR) is 105 cm³/mol. The summed E-state index contributed by atoms with van der Waals surface area (Å²) < 4.78 is 25.1. The van der Waals surface area contributed by atoms with Gasteiger partial charge in [-0.2, -0.15) is 0 Å². The van der Waals surface area contributed by atoms with E-state index in [-0.39, 0.29) is 18.2 Å². The van der Waals surface area contributed by atoms with Crippen molar-refractivity contribution < 1.29 is 13.2 Å². The van der Waals surface area contributed by atoms with Crippen LogP contribution in [-0.4, -0.2) is 36.4 Å². The molecule has 0 unspecified atom stereocenters. The topological polar surface area (TPSA) is 81.1 Å². The maximum Gasteiger partial charge on any atom is 0.244 e. The summed E-state index contributed by atoms with van der Waals surface area (Å²) in [4.78, 5) is 18.0. The summed E-state index contributed by atoms with van der Waals surface area (Å²) in [6, 6.07) is 14.8. The van der Waals surface area contributed by atoms with Crippen molar-refractivity contribution in [2.45, 2.75) is 17.2 Å². The van der Waals surface area contributed by atoms with Gasteiger partial charge in [0.1, 0.15) is 18.1 Å². The smallest absolute Gasteiger partial charge is 0.244 e. The Bertz CT molecular complexity index is 1040. The van der Waals surface area contributed by atoms with Crippen molar-refractivity contribution in [1.29, 1.82) is 0 Å². The maximum absolute atomic E-state index is 12.5. The van der Waals surface area contributed by atoms with Crippen LogP contribution >= 0.6 is 11.8 Å². The lowest BCUT2D eigenvalue weighted by Crippen LogP contribution is -2.21. The molecule has 0 bridgehead atoms. The Labute approximate surface area is 156 Å². The van der Waals surface area contributed by atoms with E-state index in [0.29, 0.717) is 17.0 Å². The van der Waals surface area contributed by atoms with Crippen molar-refractivity contribution in [3.05, 3.63) is 54.4 Å². The molecule has 3 aromatic rings. The first-order valence-electron chi connectivity index (χ1n) is 7.91. The van der Waals surface area contributed by atoms with E-state index in [1.165, 1.54) is 0 Å². The summed E-state index contributed by atoms with van der Waals surface area (Å²) >= 11 is 1.63. The second-order valence-electron chi connectivity index (χ2n) is 5.95. The van der Waals surface area contributed by atoms with Gasteiger partial charge in [0, 0.05) is 16.8 Å². The van der Waals surface area contributed by atoms with E-state index in [9.17, 15) is 13.2 Å². The van der Waals surface area contributed by atoms with Crippen LogP contribution in [0.3, 0.4) is 0 Å². The predicted octanol–water partition coefficient (Wildman–Crippen LogP) is 2.94. The number of nitrogens with one attached hydrogen (secondary N) is 1. The van der Waals surface area contributed by atoms with E-state index in [0.717, 1.165) is 16.7 Å². The lowest BCUT2D eigenvalue weighted by molar-refractivity contribution is -0.116. The van der Waals surface area contributed by atoms with E-state index in [1.54, 1.807) is 22.4 Å². The monoisotopic (exact) mass is 389 g/mol. The molecule has 0 aliphatic rings. The van der Waals surface area contributed by atoms with Gasteiger partial charge in [-0.15, -0.1) is 11.8 Å². The molecule has 2 aromatic carbocycles. The molecule has 26 heavy (non-hydrogen) atoms. The van der Waals surface area contributed by atoms with E-state index >= 15 is 0 Å². The number of hydrogen-bond acceptors (Lipinski definition) is 5. The number of anilines is 1. The number of thioether (sulfide) groups is 1. The average Bonchev–Trinajstić information content (AvgIpc) is 2.91. The molecule has 1 amide bonds. The van der Waals surface area contributed by atoms with Gasteiger partial charge in [0.15, 0.2) is 9.84 Å². The Kier molecular flexibility index (Phi) is 5.33. The molecule has 6 nitrogen and oxygen atoms in total. The van der Waals surface area contributed by atoms with Gasteiger partial charge in [0.2, 0.25) is 5.91 Å².